The Labute approximate surface area is 94.6 Å². The van der Waals surface area contributed by atoms with E-state index in [1.165, 1.54) is 6.42 Å². The smallest absolute Gasteiger partial charge is 0.321 e. The van der Waals surface area contributed by atoms with Crippen molar-refractivity contribution in [2.75, 3.05) is 18.4 Å². The molecular weight excluding hydrogens is 206 g/mol. The number of nitrogens with one attached hydrogen (secondary N) is 3. The molecule has 0 spiro atoms. The summed E-state index contributed by atoms with van der Waals surface area (Å²) < 4.78 is 5.24. The van der Waals surface area contributed by atoms with Crippen molar-refractivity contribution >= 4 is 11.9 Å². The highest BCUT2D eigenvalue weighted by Crippen LogP contribution is 2.11. The van der Waals surface area contributed by atoms with Crippen LogP contribution in [-0.4, -0.2) is 25.2 Å². The van der Waals surface area contributed by atoms with Gasteiger partial charge >= 0.3 is 6.03 Å². The lowest BCUT2D eigenvalue weighted by atomic mass is 10.2. The molecule has 0 bridgehead atoms. The summed E-state index contributed by atoms with van der Waals surface area (Å²) >= 11 is 0. The van der Waals surface area contributed by atoms with Crippen LogP contribution in [0.2, 0.25) is 0 Å². The highest BCUT2D eigenvalue weighted by molar-refractivity contribution is 5.87. The zero-order valence-electron chi connectivity index (χ0n) is 9.38. The van der Waals surface area contributed by atoms with Crippen molar-refractivity contribution in [2.45, 2.75) is 25.8 Å². The molecule has 1 fully saturated rings. The molecule has 16 heavy (non-hydrogen) atoms. The first-order chi connectivity index (χ1) is 7.74. The van der Waals surface area contributed by atoms with E-state index in [1.54, 1.807) is 6.07 Å². The van der Waals surface area contributed by atoms with Gasteiger partial charge in [0, 0.05) is 18.7 Å². The van der Waals surface area contributed by atoms with Crippen molar-refractivity contribution in [1.29, 1.82) is 0 Å². The number of carbonyl (C=O) groups excluding carboxylic acids is 1. The zero-order chi connectivity index (χ0) is 11.4. The van der Waals surface area contributed by atoms with Gasteiger partial charge in [0.1, 0.15) is 5.76 Å². The lowest BCUT2D eigenvalue weighted by Gasteiger charge is -2.11. The summed E-state index contributed by atoms with van der Waals surface area (Å²) in [6.45, 7) is 3.54. The molecule has 1 aliphatic heterocycles. The number of amides is 2. The van der Waals surface area contributed by atoms with Gasteiger partial charge < -0.3 is 15.1 Å². The summed E-state index contributed by atoms with van der Waals surface area (Å²) in [5, 5.41) is 8.77. The second kappa shape index (κ2) is 5.03. The minimum absolute atomic E-state index is 0.219. The third kappa shape index (κ3) is 3.00. The number of urea groups is 1. The molecule has 1 atom stereocenters. The molecule has 88 valence electrons. The van der Waals surface area contributed by atoms with Crippen LogP contribution in [0.4, 0.5) is 10.7 Å². The van der Waals surface area contributed by atoms with Gasteiger partial charge in [0.25, 0.3) is 0 Å². The van der Waals surface area contributed by atoms with Crippen molar-refractivity contribution in [3.63, 3.8) is 0 Å². The fraction of sp³-hybridized carbons (Fsp3) is 0.545. The molecule has 2 heterocycles. The average molecular weight is 223 g/mol. The molecule has 1 saturated heterocycles. The van der Waals surface area contributed by atoms with Crippen LogP contribution < -0.4 is 16.0 Å². The Morgan fingerprint density at radius 1 is 1.62 bits per heavy atom. The molecule has 1 aliphatic rings. The van der Waals surface area contributed by atoms with E-state index < -0.39 is 0 Å². The summed E-state index contributed by atoms with van der Waals surface area (Å²) in [5.74, 6) is 1.27. The van der Waals surface area contributed by atoms with E-state index in [-0.39, 0.29) is 6.03 Å². The van der Waals surface area contributed by atoms with Gasteiger partial charge in [-0.15, -0.1) is 0 Å². The van der Waals surface area contributed by atoms with E-state index in [4.69, 9.17) is 4.42 Å². The van der Waals surface area contributed by atoms with E-state index in [9.17, 15) is 4.79 Å². The largest absolute Gasteiger partial charge is 0.446 e. The van der Waals surface area contributed by atoms with Crippen LogP contribution in [0.25, 0.3) is 0 Å². The molecule has 1 unspecified atom stereocenters. The number of rotatable bonds is 3. The van der Waals surface area contributed by atoms with Crippen molar-refractivity contribution in [2.24, 2.45) is 0 Å². The van der Waals surface area contributed by atoms with Gasteiger partial charge in [-0.2, -0.15) is 0 Å². The molecule has 0 aromatic carbocycles. The van der Waals surface area contributed by atoms with Crippen molar-refractivity contribution < 1.29 is 9.21 Å². The highest BCUT2D eigenvalue weighted by atomic mass is 16.4. The number of carbonyl (C=O) groups is 1. The lowest BCUT2D eigenvalue weighted by Crippen LogP contribution is -2.39. The molecule has 3 N–H and O–H groups in total. The van der Waals surface area contributed by atoms with Gasteiger partial charge in [-0.05, 0) is 32.4 Å². The molecule has 0 aliphatic carbocycles. The summed E-state index contributed by atoms with van der Waals surface area (Å²) in [6.07, 6.45) is 2.31. The maximum atomic E-state index is 11.5. The SMILES string of the molecule is Cc1ccc(NC(=O)NCC2CCCN2)o1. The molecule has 0 saturated carbocycles. The molecule has 1 aromatic rings. The van der Waals surface area contributed by atoms with Crippen LogP contribution in [0.15, 0.2) is 16.5 Å². The van der Waals surface area contributed by atoms with E-state index >= 15 is 0 Å². The predicted octanol–water partition coefficient (Wildman–Crippen LogP) is 1.46. The van der Waals surface area contributed by atoms with E-state index in [2.05, 4.69) is 16.0 Å². The van der Waals surface area contributed by atoms with Gasteiger partial charge in [0.2, 0.25) is 5.88 Å². The number of aryl methyl sites for hydroxylation is 1. The maximum absolute atomic E-state index is 11.5. The Bertz CT molecular complexity index is 356. The van der Waals surface area contributed by atoms with Gasteiger partial charge in [0.15, 0.2) is 0 Å². The maximum Gasteiger partial charge on any atom is 0.321 e. The molecule has 1 aromatic heterocycles. The number of anilines is 1. The first kappa shape index (κ1) is 11.0. The van der Waals surface area contributed by atoms with Crippen LogP contribution in [-0.2, 0) is 0 Å². The first-order valence-corrected chi connectivity index (χ1v) is 5.59. The Morgan fingerprint density at radius 3 is 3.12 bits per heavy atom. The number of hydrogen-bond acceptors (Lipinski definition) is 3. The van der Waals surface area contributed by atoms with Crippen molar-refractivity contribution in [1.82, 2.24) is 10.6 Å². The lowest BCUT2D eigenvalue weighted by molar-refractivity contribution is 0.250. The Morgan fingerprint density at radius 2 is 2.50 bits per heavy atom. The number of hydrogen-bond donors (Lipinski definition) is 3. The standard InChI is InChI=1S/C11H17N3O2/c1-8-4-5-10(16-8)14-11(15)13-7-9-3-2-6-12-9/h4-5,9,12H,2-3,6-7H2,1H3,(H2,13,14,15). The predicted molar refractivity (Wildman–Crippen MR) is 61.5 cm³/mol. The highest BCUT2D eigenvalue weighted by Gasteiger charge is 2.14. The van der Waals surface area contributed by atoms with Crippen molar-refractivity contribution in [3.8, 4) is 0 Å². The minimum Gasteiger partial charge on any atom is -0.446 e. The monoisotopic (exact) mass is 223 g/mol. The Hall–Kier alpha value is -1.49. The van der Waals surface area contributed by atoms with Gasteiger partial charge in [-0.25, -0.2) is 4.79 Å². The van der Waals surface area contributed by atoms with Crippen LogP contribution in [0.1, 0.15) is 18.6 Å². The van der Waals surface area contributed by atoms with E-state index in [0.29, 0.717) is 18.5 Å². The number of furan rings is 1. The second-order valence-electron chi connectivity index (χ2n) is 4.04. The van der Waals surface area contributed by atoms with Gasteiger partial charge in [-0.3, -0.25) is 5.32 Å². The van der Waals surface area contributed by atoms with Crippen LogP contribution in [0.3, 0.4) is 0 Å². The normalized spacial score (nSPS) is 19.7. The molecule has 0 radical (unpaired) electrons. The van der Waals surface area contributed by atoms with Crippen LogP contribution >= 0.6 is 0 Å². The average Bonchev–Trinajstić information content (AvgIpc) is 2.87. The summed E-state index contributed by atoms with van der Waals surface area (Å²) in [6, 6.07) is 3.74. The van der Waals surface area contributed by atoms with Crippen molar-refractivity contribution in [3.05, 3.63) is 17.9 Å². The summed E-state index contributed by atoms with van der Waals surface area (Å²) in [5.41, 5.74) is 0. The van der Waals surface area contributed by atoms with Gasteiger partial charge in [-0.1, -0.05) is 0 Å². The quantitative estimate of drug-likeness (QED) is 0.726. The molecule has 5 heteroatoms. The first-order valence-electron chi connectivity index (χ1n) is 5.59. The fourth-order valence-corrected chi connectivity index (χ4v) is 1.80. The Balaban J connectivity index is 1.71. The van der Waals surface area contributed by atoms with E-state index in [0.717, 1.165) is 18.7 Å². The Kier molecular flexibility index (Phi) is 3.46. The second-order valence-corrected chi connectivity index (χ2v) is 4.04. The molecule has 2 rings (SSSR count). The topological polar surface area (TPSA) is 66.3 Å². The fourth-order valence-electron chi connectivity index (χ4n) is 1.80. The summed E-state index contributed by atoms with van der Waals surface area (Å²) in [7, 11) is 0. The third-order valence-corrected chi connectivity index (χ3v) is 2.65. The third-order valence-electron chi connectivity index (χ3n) is 2.65. The van der Waals surface area contributed by atoms with Crippen LogP contribution in [0.5, 0.6) is 0 Å². The molecule has 5 nitrogen and oxygen atoms in total. The molecular formula is C11H17N3O2. The zero-order valence-corrected chi connectivity index (χ0v) is 9.38. The van der Waals surface area contributed by atoms with E-state index in [1.807, 2.05) is 13.0 Å². The van der Waals surface area contributed by atoms with Crippen LogP contribution in [0, 0.1) is 6.92 Å². The molecule has 2 amide bonds. The van der Waals surface area contributed by atoms with Gasteiger partial charge in [0.05, 0.1) is 0 Å². The minimum atomic E-state index is -0.219. The summed E-state index contributed by atoms with van der Waals surface area (Å²) in [4.78, 5) is 11.5.